The van der Waals surface area contributed by atoms with Crippen LogP contribution in [0.15, 0.2) is 18.2 Å². The van der Waals surface area contributed by atoms with Gasteiger partial charge in [0.1, 0.15) is 5.82 Å². The van der Waals surface area contributed by atoms with E-state index in [1.165, 1.54) is 4.90 Å². The molecule has 1 fully saturated rings. The molecular formula is C12H11F4NO2. The first-order chi connectivity index (χ1) is 8.89. The zero-order valence-corrected chi connectivity index (χ0v) is 9.84. The summed E-state index contributed by atoms with van der Waals surface area (Å²) in [4.78, 5) is 13.2. The van der Waals surface area contributed by atoms with E-state index in [-0.39, 0.29) is 13.1 Å². The molecule has 3 nitrogen and oxygen atoms in total. The third-order valence-corrected chi connectivity index (χ3v) is 2.82. The molecule has 1 amide bonds. The van der Waals surface area contributed by atoms with E-state index in [9.17, 15) is 22.4 Å². The number of carbonyl (C=O) groups excluding carboxylic acids is 1. The molecule has 1 aromatic rings. The standard InChI is InChI=1S/C12H11F4NO2/c13-10-2-1-8(12(14,15)16)7-9(10)11(18)17-3-5-19-6-4-17/h1-2,7H,3-6H2. The van der Waals surface area contributed by atoms with Gasteiger partial charge >= 0.3 is 6.18 Å². The number of morpholine rings is 1. The third kappa shape index (κ3) is 3.04. The molecule has 1 aliphatic rings. The Morgan fingerprint density at radius 3 is 2.42 bits per heavy atom. The molecule has 0 N–H and O–H groups in total. The van der Waals surface area contributed by atoms with Crippen molar-refractivity contribution < 1.29 is 27.1 Å². The van der Waals surface area contributed by atoms with Gasteiger partial charge < -0.3 is 9.64 Å². The summed E-state index contributed by atoms with van der Waals surface area (Å²) in [6.45, 7) is 1.08. The summed E-state index contributed by atoms with van der Waals surface area (Å²) >= 11 is 0. The Morgan fingerprint density at radius 2 is 1.84 bits per heavy atom. The Balaban J connectivity index is 2.30. The number of alkyl halides is 3. The van der Waals surface area contributed by atoms with Crippen molar-refractivity contribution in [2.24, 2.45) is 0 Å². The van der Waals surface area contributed by atoms with Crippen LogP contribution in [0.25, 0.3) is 0 Å². The Hall–Kier alpha value is -1.63. The largest absolute Gasteiger partial charge is 0.416 e. The predicted molar refractivity (Wildman–Crippen MR) is 58.1 cm³/mol. The number of benzene rings is 1. The van der Waals surface area contributed by atoms with Crippen molar-refractivity contribution in [1.29, 1.82) is 0 Å². The highest BCUT2D eigenvalue weighted by Crippen LogP contribution is 2.30. The van der Waals surface area contributed by atoms with Gasteiger partial charge in [0.05, 0.1) is 24.3 Å². The molecular weight excluding hydrogens is 266 g/mol. The quantitative estimate of drug-likeness (QED) is 0.737. The topological polar surface area (TPSA) is 29.5 Å². The lowest BCUT2D eigenvalue weighted by molar-refractivity contribution is -0.137. The highest BCUT2D eigenvalue weighted by molar-refractivity contribution is 5.94. The molecule has 0 spiro atoms. The number of rotatable bonds is 1. The smallest absolute Gasteiger partial charge is 0.378 e. The van der Waals surface area contributed by atoms with Crippen LogP contribution < -0.4 is 0 Å². The average molecular weight is 277 g/mol. The van der Waals surface area contributed by atoms with Crippen molar-refractivity contribution in [1.82, 2.24) is 4.90 Å². The van der Waals surface area contributed by atoms with Gasteiger partial charge in [0.25, 0.3) is 5.91 Å². The van der Waals surface area contributed by atoms with Crippen molar-refractivity contribution in [3.63, 3.8) is 0 Å². The summed E-state index contributed by atoms with van der Waals surface area (Å²) in [5, 5.41) is 0. The van der Waals surface area contributed by atoms with E-state index in [4.69, 9.17) is 4.74 Å². The van der Waals surface area contributed by atoms with Gasteiger partial charge in [-0.2, -0.15) is 13.2 Å². The minimum atomic E-state index is -4.60. The second kappa shape index (κ2) is 5.16. The van der Waals surface area contributed by atoms with Gasteiger partial charge in [0.2, 0.25) is 0 Å². The number of carbonyl (C=O) groups is 1. The SMILES string of the molecule is O=C(c1cc(C(F)(F)F)ccc1F)N1CCOCC1. The van der Waals surface area contributed by atoms with Crippen LogP contribution in [-0.2, 0) is 10.9 Å². The van der Waals surface area contributed by atoms with Crippen molar-refractivity contribution in [2.75, 3.05) is 26.3 Å². The van der Waals surface area contributed by atoms with E-state index in [2.05, 4.69) is 0 Å². The van der Waals surface area contributed by atoms with Gasteiger partial charge in [-0.05, 0) is 18.2 Å². The number of halogens is 4. The lowest BCUT2D eigenvalue weighted by Crippen LogP contribution is -2.41. The van der Waals surface area contributed by atoms with Crippen LogP contribution in [0.3, 0.4) is 0 Å². The third-order valence-electron chi connectivity index (χ3n) is 2.82. The molecule has 0 atom stereocenters. The van der Waals surface area contributed by atoms with Crippen molar-refractivity contribution in [3.8, 4) is 0 Å². The molecule has 0 aliphatic carbocycles. The molecule has 0 saturated carbocycles. The van der Waals surface area contributed by atoms with E-state index in [1.54, 1.807) is 0 Å². The molecule has 0 bridgehead atoms. The second-order valence-corrected chi connectivity index (χ2v) is 4.10. The summed E-state index contributed by atoms with van der Waals surface area (Å²) in [5.41, 5.74) is -1.60. The average Bonchev–Trinajstić information content (AvgIpc) is 2.38. The lowest BCUT2D eigenvalue weighted by atomic mass is 10.1. The van der Waals surface area contributed by atoms with Crippen LogP contribution in [0.1, 0.15) is 15.9 Å². The maximum Gasteiger partial charge on any atom is 0.416 e. The van der Waals surface area contributed by atoms with Crippen LogP contribution in [0.4, 0.5) is 17.6 Å². The van der Waals surface area contributed by atoms with E-state index in [1.807, 2.05) is 0 Å². The Labute approximate surface area is 106 Å². The summed E-state index contributed by atoms with van der Waals surface area (Å²) in [6, 6.07) is 1.83. The summed E-state index contributed by atoms with van der Waals surface area (Å²) in [7, 11) is 0. The number of hydrogen-bond acceptors (Lipinski definition) is 2. The first-order valence-corrected chi connectivity index (χ1v) is 5.63. The monoisotopic (exact) mass is 277 g/mol. The van der Waals surface area contributed by atoms with Crippen LogP contribution in [-0.4, -0.2) is 37.1 Å². The maximum atomic E-state index is 13.5. The molecule has 1 heterocycles. The molecule has 2 rings (SSSR count). The second-order valence-electron chi connectivity index (χ2n) is 4.10. The number of ether oxygens (including phenoxy) is 1. The Bertz CT molecular complexity index is 481. The van der Waals surface area contributed by atoms with Gasteiger partial charge in [-0.25, -0.2) is 4.39 Å². The lowest BCUT2D eigenvalue weighted by Gasteiger charge is -2.27. The minimum Gasteiger partial charge on any atom is -0.378 e. The zero-order chi connectivity index (χ0) is 14.0. The van der Waals surface area contributed by atoms with Gasteiger partial charge in [0, 0.05) is 13.1 Å². The highest BCUT2D eigenvalue weighted by Gasteiger charge is 2.32. The molecule has 104 valence electrons. The van der Waals surface area contributed by atoms with E-state index < -0.39 is 29.0 Å². The Morgan fingerprint density at radius 1 is 1.21 bits per heavy atom. The van der Waals surface area contributed by atoms with Crippen molar-refractivity contribution in [2.45, 2.75) is 6.18 Å². The van der Waals surface area contributed by atoms with E-state index >= 15 is 0 Å². The van der Waals surface area contributed by atoms with Crippen LogP contribution in [0.2, 0.25) is 0 Å². The number of amides is 1. The molecule has 0 radical (unpaired) electrons. The van der Waals surface area contributed by atoms with E-state index in [0.717, 1.165) is 0 Å². The fourth-order valence-corrected chi connectivity index (χ4v) is 1.80. The summed E-state index contributed by atoms with van der Waals surface area (Å²) < 4.78 is 56.2. The van der Waals surface area contributed by atoms with Crippen molar-refractivity contribution >= 4 is 5.91 Å². The van der Waals surface area contributed by atoms with Gasteiger partial charge in [-0.15, -0.1) is 0 Å². The minimum absolute atomic E-state index is 0.245. The van der Waals surface area contributed by atoms with Gasteiger partial charge in [-0.1, -0.05) is 0 Å². The van der Waals surface area contributed by atoms with Crippen LogP contribution in [0.5, 0.6) is 0 Å². The van der Waals surface area contributed by atoms with Crippen molar-refractivity contribution in [3.05, 3.63) is 35.1 Å². The van der Waals surface area contributed by atoms with Gasteiger partial charge in [0.15, 0.2) is 0 Å². The summed E-state index contributed by atoms with van der Waals surface area (Å²) in [6.07, 6.45) is -4.60. The fourth-order valence-electron chi connectivity index (χ4n) is 1.80. The predicted octanol–water partition coefficient (Wildman–Crippen LogP) is 2.32. The normalized spacial score (nSPS) is 16.5. The molecule has 0 aromatic heterocycles. The maximum absolute atomic E-state index is 13.5. The first-order valence-electron chi connectivity index (χ1n) is 5.63. The highest BCUT2D eigenvalue weighted by atomic mass is 19.4. The zero-order valence-electron chi connectivity index (χ0n) is 9.84. The number of hydrogen-bond donors (Lipinski definition) is 0. The molecule has 7 heteroatoms. The van der Waals surface area contributed by atoms with E-state index in [0.29, 0.717) is 31.4 Å². The first kappa shape index (κ1) is 13.8. The molecule has 1 aliphatic heterocycles. The molecule has 1 saturated heterocycles. The molecule has 19 heavy (non-hydrogen) atoms. The molecule has 1 aromatic carbocycles. The number of nitrogens with zero attached hydrogens (tertiary/aromatic N) is 1. The Kier molecular flexibility index (Phi) is 3.75. The fraction of sp³-hybridized carbons (Fsp3) is 0.417. The van der Waals surface area contributed by atoms with Crippen LogP contribution in [0, 0.1) is 5.82 Å². The molecule has 0 unspecified atom stereocenters. The van der Waals surface area contributed by atoms with Crippen LogP contribution >= 0.6 is 0 Å². The van der Waals surface area contributed by atoms with Gasteiger partial charge in [-0.3, -0.25) is 4.79 Å². The summed E-state index contributed by atoms with van der Waals surface area (Å²) in [5.74, 6) is -1.70.